The maximum absolute atomic E-state index is 11.6. The lowest BCUT2D eigenvalue weighted by Gasteiger charge is -2.02. The number of furan rings is 2. The van der Waals surface area contributed by atoms with Crippen LogP contribution in [0.2, 0.25) is 0 Å². The number of hydrogen-bond acceptors (Lipinski definition) is 7. The summed E-state index contributed by atoms with van der Waals surface area (Å²) >= 11 is 0. The molecule has 0 fully saturated rings. The summed E-state index contributed by atoms with van der Waals surface area (Å²) in [5.41, 5.74) is -1.47. The van der Waals surface area contributed by atoms with Gasteiger partial charge in [-0.15, -0.1) is 0 Å². The third-order valence-corrected chi connectivity index (χ3v) is 3.98. The van der Waals surface area contributed by atoms with Crippen molar-refractivity contribution in [3.8, 4) is 0 Å². The molecule has 0 saturated carbocycles. The highest BCUT2D eigenvalue weighted by Crippen LogP contribution is 2.24. The second kappa shape index (κ2) is 3.99. The normalized spacial score (nSPS) is 12.0. The van der Waals surface area contributed by atoms with Gasteiger partial charge in [-0.1, -0.05) is 0 Å². The first kappa shape index (κ1) is 12.8. The van der Waals surface area contributed by atoms with Crippen LogP contribution in [0.15, 0.2) is 56.7 Å². The highest BCUT2D eigenvalue weighted by molar-refractivity contribution is 5.98. The van der Waals surface area contributed by atoms with Gasteiger partial charge < -0.3 is 18.2 Å². The molecule has 0 amide bonds. The molecule has 0 saturated heterocycles. The van der Waals surface area contributed by atoms with Crippen LogP contribution in [0.4, 0.5) is 0 Å². The van der Waals surface area contributed by atoms with Crippen LogP contribution in [0, 0.1) is 0 Å². The van der Waals surface area contributed by atoms with Crippen molar-refractivity contribution in [2.45, 2.75) is 0 Å². The van der Waals surface area contributed by atoms with Crippen molar-refractivity contribution in [2.75, 3.05) is 0 Å². The molecule has 0 atom stereocenters. The van der Waals surface area contributed by atoms with Gasteiger partial charge in [0.1, 0.15) is 0 Å². The topological polar surface area (TPSA) is 123 Å². The van der Waals surface area contributed by atoms with Gasteiger partial charge in [0.25, 0.3) is 0 Å². The largest absolute Gasteiger partial charge is 0.453 e. The predicted octanol–water partition coefficient (Wildman–Crippen LogP) is 1.29. The van der Waals surface area contributed by atoms with Crippen molar-refractivity contribution >= 4 is 43.7 Å². The fraction of sp³-hybridized carbons (Fsp3) is 0. The van der Waals surface area contributed by atoms with Crippen LogP contribution < -0.4 is 22.5 Å². The minimum absolute atomic E-state index is 0.111. The quantitative estimate of drug-likeness (QED) is 0.426. The zero-order valence-corrected chi connectivity index (χ0v) is 11.7. The molecule has 0 aliphatic carbocycles. The second-order valence-corrected chi connectivity index (χ2v) is 5.37. The number of fused-ring (bicyclic) bond motifs is 4. The van der Waals surface area contributed by atoms with Gasteiger partial charge >= 0.3 is 22.5 Å². The van der Waals surface area contributed by atoms with Crippen LogP contribution in [0.5, 0.6) is 0 Å². The van der Waals surface area contributed by atoms with E-state index in [1.165, 1.54) is 24.3 Å². The third kappa shape index (κ3) is 1.51. The number of H-pyrrole nitrogens is 1. The summed E-state index contributed by atoms with van der Waals surface area (Å²) < 4.78 is 14.8. The highest BCUT2D eigenvalue weighted by atomic mass is 16.4. The first-order valence-electron chi connectivity index (χ1n) is 6.85. The first-order valence-corrected chi connectivity index (χ1v) is 6.85. The van der Waals surface area contributed by atoms with E-state index in [1.54, 1.807) is 0 Å². The Hall–Kier alpha value is -3.68. The zero-order valence-electron chi connectivity index (χ0n) is 11.7. The van der Waals surface area contributed by atoms with Gasteiger partial charge in [-0.05, 0) is 24.3 Å². The summed E-state index contributed by atoms with van der Waals surface area (Å²) in [4.78, 5) is 49.5. The summed E-state index contributed by atoms with van der Waals surface area (Å²) in [6, 6.07) is 5.67. The summed E-state index contributed by atoms with van der Waals surface area (Å²) in [5, 5.41) is 0.489. The fourth-order valence-electron chi connectivity index (χ4n) is 2.85. The molecular formula is C16H5NO7. The Morgan fingerprint density at radius 1 is 0.542 bits per heavy atom. The molecule has 0 spiro atoms. The van der Waals surface area contributed by atoms with Gasteiger partial charge in [0.2, 0.25) is 0 Å². The molecule has 1 N–H and O–H groups in total. The number of nitrogens with one attached hydrogen (secondary N) is 1. The van der Waals surface area contributed by atoms with Crippen LogP contribution >= 0.6 is 0 Å². The van der Waals surface area contributed by atoms with Crippen molar-refractivity contribution in [3.63, 3.8) is 0 Å². The lowest BCUT2D eigenvalue weighted by atomic mass is 10.1. The van der Waals surface area contributed by atoms with Crippen molar-refractivity contribution in [3.05, 3.63) is 65.9 Å². The fourth-order valence-corrected chi connectivity index (χ4v) is 2.85. The Morgan fingerprint density at radius 3 is 1.33 bits per heavy atom. The molecule has 3 aromatic heterocycles. The van der Waals surface area contributed by atoms with Gasteiger partial charge in [0.15, 0.2) is 11.2 Å². The van der Waals surface area contributed by atoms with E-state index >= 15 is 0 Å². The molecule has 2 aromatic carbocycles. The lowest BCUT2D eigenvalue weighted by molar-refractivity contribution is 0.499. The number of benzene rings is 2. The Bertz CT molecular complexity index is 1310. The van der Waals surface area contributed by atoms with Gasteiger partial charge in [-0.25, -0.2) is 19.2 Å². The summed E-state index contributed by atoms with van der Waals surface area (Å²) in [5.74, 6) is 0. The summed E-state index contributed by atoms with van der Waals surface area (Å²) in [6.45, 7) is 0. The number of aromatic nitrogens is 1. The minimum atomic E-state index is -0.740. The minimum Gasteiger partial charge on any atom is -0.453 e. The number of aromatic amines is 1. The Balaban J connectivity index is 2.01. The van der Waals surface area contributed by atoms with E-state index in [0.29, 0.717) is 22.2 Å². The predicted molar refractivity (Wildman–Crippen MR) is 83.9 cm³/mol. The third-order valence-electron chi connectivity index (χ3n) is 3.98. The van der Waals surface area contributed by atoms with Crippen molar-refractivity contribution in [2.24, 2.45) is 0 Å². The monoisotopic (exact) mass is 323 g/mol. The van der Waals surface area contributed by atoms with Gasteiger partial charge in [-0.2, -0.15) is 0 Å². The van der Waals surface area contributed by atoms with Gasteiger partial charge in [0.05, 0.1) is 32.6 Å². The molecule has 3 heterocycles. The SMILES string of the molecule is O=c1oc(=O)c2cc3oc4cc5c(=O)oc(=O)c5cc4[nH]c3cc12. The smallest absolute Gasteiger partial charge is 0.347 e. The molecule has 116 valence electrons. The molecule has 8 heteroatoms. The summed E-state index contributed by atoms with van der Waals surface area (Å²) in [7, 11) is 0. The molecule has 5 aromatic rings. The summed E-state index contributed by atoms with van der Waals surface area (Å²) in [6.07, 6.45) is 0. The van der Waals surface area contributed by atoms with Crippen LogP contribution in [0.25, 0.3) is 43.7 Å². The molecule has 0 aliphatic rings. The van der Waals surface area contributed by atoms with Crippen molar-refractivity contribution in [1.29, 1.82) is 0 Å². The Morgan fingerprint density at radius 2 is 0.917 bits per heavy atom. The maximum atomic E-state index is 11.6. The highest BCUT2D eigenvalue weighted by Gasteiger charge is 2.14. The van der Waals surface area contributed by atoms with Gasteiger partial charge in [-0.3, -0.25) is 0 Å². The van der Waals surface area contributed by atoms with Crippen LogP contribution in [0.1, 0.15) is 0 Å². The van der Waals surface area contributed by atoms with E-state index in [0.717, 1.165) is 0 Å². The van der Waals surface area contributed by atoms with E-state index < -0.39 is 22.5 Å². The van der Waals surface area contributed by atoms with Crippen molar-refractivity contribution in [1.82, 2.24) is 4.98 Å². The molecular weight excluding hydrogens is 318 g/mol. The average molecular weight is 323 g/mol. The average Bonchev–Trinajstić information content (AvgIpc) is 2.98. The van der Waals surface area contributed by atoms with E-state index in [2.05, 4.69) is 13.8 Å². The Labute approximate surface area is 128 Å². The van der Waals surface area contributed by atoms with E-state index in [-0.39, 0.29) is 21.5 Å². The molecule has 5 rings (SSSR count). The molecule has 8 nitrogen and oxygen atoms in total. The second-order valence-electron chi connectivity index (χ2n) is 5.37. The van der Waals surface area contributed by atoms with E-state index in [4.69, 9.17) is 4.42 Å². The molecule has 24 heavy (non-hydrogen) atoms. The Kier molecular flexibility index (Phi) is 2.13. The van der Waals surface area contributed by atoms with Gasteiger partial charge in [0, 0.05) is 0 Å². The van der Waals surface area contributed by atoms with E-state index in [1.807, 2.05) is 0 Å². The lowest BCUT2D eigenvalue weighted by Crippen LogP contribution is -1.94. The standard InChI is InChI=1S/C16H5NO7/c18-13-5-1-9-11(3-7(5)15(20)23-13)22-12-4-8-6(2-10(12)17-9)14(19)24-16(8)21/h1-4,17H. The zero-order chi connectivity index (χ0) is 16.6. The first-order chi connectivity index (χ1) is 11.5. The molecule has 0 radical (unpaired) electrons. The van der Waals surface area contributed by atoms with Crippen LogP contribution in [-0.4, -0.2) is 4.98 Å². The molecule has 0 unspecified atom stereocenters. The van der Waals surface area contributed by atoms with E-state index in [9.17, 15) is 19.2 Å². The maximum Gasteiger partial charge on any atom is 0.347 e. The van der Waals surface area contributed by atoms with Crippen LogP contribution in [-0.2, 0) is 0 Å². The molecule has 0 bridgehead atoms. The number of hydrogen-bond donors (Lipinski definition) is 1. The van der Waals surface area contributed by atoms with Crippen molar-refractivity contribution < 1.29 is 13.3 Å². The molecule has 0 aliphatic heterocycles. The number of rotatable bonds is 0. The van der Waals surface area contributed by atoms with Crippen LogP contribution in [0.3, 0.4) is 0 Å².